The second kappa shape index (κ2) is 11.0. The van der Waals surface area contributed by atoms with E-state index < -0.39 is 0 Å². The number of aryl methyl sites for hydroxylation is 2. The Bertz CT molecular complexity index is 1560. The SMILES string of the molecule is C=CC(=O)N1CC(NC(=O)Cn2c(CC3CC3)c(C(=O)N3CCc4c(CC)cccc4C3)c3cc(Cl)cc(C)c32)C1. The quantitative estimate of drug-likeness (QED) is 0.393. The predicted molar refractivity (Wildman–Crippen MR) is 161 cm³/mol. The van der Waals surface area contributed by atoms with Gasteiger partial charge in [0.05, 0.1) is 17.1 Å². The Hall–Kier alpha value is -3.58. The van der Waals surface area contributed by atoms with Crippen LogP contribution in [0.15, 0.2) is 43.0 Å². The molecule has 2 fully saturated rings. The Morgan fingerprint density at radius 3 is 2.63 bits per heavy atom. The normalized spacial score (nSPS) is 16.9. The van der Waals surface area contributed by atoms with Crippen molar-refractivity contribution < 1.29 is 14.4 Å². The zero-order valence-corrected chi connectivity index (χ0v) is 24.6. The van der Waals surface area contributed by atoms with Crippen molar-refractivity contribution >= 4 is 40.2 Å². The monoisotopic (exact) mass is 572 g/mol. The Morgan fingerprint density at radius 2 is 1.93 bits per heavy atom. The number of fused-ring (bicyclic) bond motifs is 2. The molecule has 214 valence electrons. The number of nitrogens with one attached hydrogen (secondary N) is 1. The summed E-state index contributed by atoms with van der Waals surface area (Å²) >= 11 is 6.57. The maximum absolute atomic E-state index is 14.4. The van der Waals surface area contributed by atoms with Gasteiger partial charge < -0.3 is 19.7 Å². The molecule has 2 aliphatic heterocycles. The third-order valence-electron chi connectivity index (χ3n) is 8.88. The molecular weight excluding hydrogens is 536 g/mol. The van der Waals surface area contributed by atoms with Crippen molar-refractivity contribution in [3.63, 3.8) is 0 Å². The van der Waals surface area contributed by atoms with E-state index >= 15 is 0 Å². The van der Waals surface area contributed by atoms with Crippen molar-refractivity contribution in [3.05, 3.63) is 81.5 Å². The van der Waals surface area contributed by atoms with Gasteiger partial charge in [0.25, 0.3) is 5.91 Å². The molecule has 3 aromatic rings. The lowest BCUT2D eigenvalue weighted by molar-refractivity contribution is -0.133. The summed E-state index contributed by atoms with van der Waals surface area (Å²) in [6.07, 6.45) is 6.15. The standard InChI is InChI=1S/C33H37ClN4O3/c1-4-22-7-6-8-23-16-36(12-11-26(22)23)33(41)31-27-15-24(34)13-20(3)32(27)38(28(31)14-21-9-10-21)19-29(39)35-25-17-37(18-25)30(40)5-2/h5-8,13,15,21,25H,2,4,9-12,14,16-19H2,1,3H3,(H,35,39). The van der Waals surface area contributed by atoms with Crippen LogP contribution in [0.3, 0.4) is 0 Å². The van der Waals surface area contributed by atoms with Crippen LogP contribution < -0.4 is 5.32 Å². The van der Waals surface area contributed by atoms with E-state index in [9.17, 15) is 14.4 Å². The van der Waals surface area contributed by atoms with Crippen molar-refractivity contribution in [1.29, 1.82) is 0 Å². The molecule has 0 spiro atoms. The summed E-state index contributed by atoms with van der Waals surface area (Å²) < 4.78 is 2.06. The van der Waals surface area contributed by atoms with E-state index in [1.165, 1.54) is 22.8 Å². The molecular formula is C33H37ClN4O3. The Labute approximate surface area is 246 Å². The van der Waals surface area contributed by atoms with Crippen LogP contribution in [0.1, 0.15) is 58.1 Å². The summed E-state index contributed by atoms with van der Waals surface area (Å²) in [6.45, 7) is 10.0. The molecule has 1 N–H and O–H groups in total. The van der Waals surface area contributed by atoms with Crippen LogP contribution in [0.4, 0.5) is 0 Å². The average molecular weight is 573 g/mol. The molecule has 1 aromatic heterocycles. The summed E-state index contributed by atoms with van der Waals surface area (Å²) in [5.74, 6) is 0.280. The van der Waals surface area contributed by atoms with Crippen molar-refractivity contribution in [1.82, 2.24) is 19.7 Å². The number of amides is 3. The molecule has 8 heteroatoms. The summed E-state index contributed by atoms with van der Waals surface area (Å²) in [5.41, 5.74) is 7.40. The van der Waals surface area contributed by atoms with Crippen molar-refractivity contribution in [2.24, 2.45) is 5.92 Å². The number of likely N-dealkylation sites (tertiary alicyclic amines) is 1. The largest absolute Gasteiger partial charge is 0.348 e. The van der Waals surface area contributed by atoms with Crippen LogP contribution in [-0.4, -0.2) is 57.8 Å². The van der Waals surface area contributed by atoms with Crippen molar-refractivity contribution in [2.75, 3.05) is 19.6 Å². The summed E-state index contributed by atoms with van der Waals surface area (Å²) in [4.78, 5) is 43.2. The molecule has 1 saturated heterocycles. The molecule has 1 aliphatic carbocycles. The van der Waals surface area contributed by atoms with Gasteiger partial charge in [-0.05, 0) is 85.4 Å². The maximum Gasteiger partial charge on any atom is 0.256 e. The van der Waals surface area contributed by atoms with Gasteiger partial charge in [0.2, 0.25) is 11.8 Å². The van der Waals surface area contributed by atoms with Gasteiger partial charge in [0.15, 0.2) is 0 Å². The second-order valence-corrected chi connectivity index (χ2v) is 12.2. The predicted octanol–water partition coefficient (Wildman–Crippen LogP) is 4.83. The van der Waals surface area contributed by atoms with E-state index in [1.54, 1.807) is 4.90 Å². The third-order valence-corrected chi connectivity index (χ3v) is 9.10. The number of nitrogens with zero attached hydrogens (tertiary/aromatic N) is 3. The highest BCUT2D eigenvalue weighted by atomic mass is 35.5. The molecule has 0 bridgehead atoms. The Morgan fingerprint density at radius 1 is 1.15 bits per heavy atom. The van der Waals surface area contributed by atoms with Gasteiger partial charge in [-0.3, -0.25) is 14.4 Å². The number of benzene rings is 2. The number of hydrogen-bond acceptors (Lipinski definition) is 3. The Balaban J connectivity index is 1.34. The lowest BCUT2D eigenvalue weighted by Gasteiger charge is -2.39. The first-order valence-electron chi connectivity index (χ1n) is 14.7. The topological polar surface area (TPSA) is 74.6 Å². The summed E-state index contributed by atoms with van der Waals surface area (Å²) in [7, 11) is 0. The summed E-state index contributed by atoms with van der Waals surface area (Å²) in [5, 5.41) is 4.49. The number of carbonyl (C=O) groups is 3. The molecule has 3 amide bonds. The highest BCUT2D eigenvalue weighted by Gasteiger charge is 2.34. The first kappa shape index (κ1) is 27.6. The number of rotatable bonds is 8. The zero-order chi connectivity index (χ0) is 28.8. The van der Waals surface area contributed by atoms with E-state index in [-0.39, 0.29) is 30.3 Å². The fourth-order valence-electron chi connectivity index (χ4n) is 6.58. The van der Waals surface area contributed by atoms with Crippen LogP contribution in [-0.2, 0) is 41.9 Å². The van der Waals surface area contributed by atoms with Crippen molar-refractivity contribution in [3.8, 4) is 0 Å². The van der Waals surface area contributed by atoms with E-state index in [4.69, 9.17) is 11.6 Å². The Kier molecular flexibility index (Phi) is 7.41. The van der Waals surface area contributed by atoms with Gasteiger partial charge in [-0.15, -0.1) is 0 Å². The number of halogens is 1. The maximum atomic E-state index is 14.4. The smallest absolute Gasteiger partial charge is 0.256 e. The van der Waals surface area contributed by atoms with Crippen LogP contribution in [0.25, 0.3) is 10.9 Å². The van der Waals surface area contributed by atoms with E-state index in [0.717, 1.165) is 54.3 Å². The van der Waals surface area contributed by atoms with E-state index in [1.807, 2.05) is 24.0 Å². The number of aromatic nitrogens is 1. The fourth-order valence-corrected chi connectivity index (χ4v) is 6.85. The first-order chi connectivity index (χ1) is 19.8. The molecule has 41 heavy (non-hydrogen) atoms. The minimum Gasteiger partial charge on any atom is -0.348 e. The van der Waals surface area contributed by atoms with E-state index in [0.29, 0.717) is 42.7 Å². The van der Waals surface area contributed by atoms with Crippen LogP contribution in [0.5, 0.6) is 0 Å². The van der Waals surface area contributed by atoms with Gasteiger partial charge in [0, 0.05) is 42.3 Å². The highest BCUT2D eigenvalue weighted by Crippen LogP contribution is 2.39. The first-order valence-corrected chi connectivity index (χ1v) is 15.1. The van der Waals surface area contributed by atoms with Crippen molar-refractivity contribution in [2.45, 2.75) is 65.1 Å². The van der Waals surface area contributed by atoms with Gasteiger partial charge in [-0.1, -0.05) is 43.3 Å². The van der Waals surface area contributed by atoms with Crippen LogP contribution in [0.2, 0.25) is 5.02 Å². The minimum atomic E-state index is -0.125. The molecule has 0 radical (unpaired) electrons. The highest BCUT2D eigenvalue weighted by molar-refractivity contribution is 6.31. The lowest BCUT2D eigenvalue weighted by Crippen LogP contribution is -2.61. The second-order valence-electron chi connectivity index (χ2n) is 11.8. The van der Waals surface area contributed by atoms with E-state index in [2.05, 4.69) is 41.6 Å². The molecule has 3 heterocycles. The molecule has 1 saturated carbocycles. The number of carbonyl (C=O) groups excluding carboxylic acids is 3. The lowest BCUT2D eigenvalue weighted by atomic mass is 9.92. The third kappa shape index (κ3) is 5.28. The molecule has 0 atom stereocenters. The molecule has 6 rings (SSSR count). The zero-order valence-electron chi connectivity index (χ0n) is 23.8. The van der Waals surface area contributed by atoms with Crippen LogP contribution >= 0.6 is 11.6 Å². The van der Waals surface area contributed by atoms with Gasteiger partial charge >= 0.3 is 0 Å². The molecule has 0 unspecified atom stereocenters. The molecule has 3 aliphatic rings. The number of hydrogen-bond donors (Lipinski definition) is 1. The average Bonchev–Trinajstić information content (AvgIpc) is 3.71. The van der Waals surface area contributed by atoms with Gasteiger partial charge in [-0.2, -0.15) is 0 Å². The molecule has 7 nitrogen and oxygen atoms in total. The van der Waals surface area contributed by atoms with Gasteiger partial charge in [0.1, 0.15) is 6.54 Å². The fraction of sp³-hybridized carbons (Fsp3) is 0.424. The van der Waals surface area contributed by atoms with Gasteiger partial charge in [-0.25, -0.2) is 0 Å². The van der Waals surface area contributed by atoms with Crippen LogP contribution in [0, 0.1) is 12.8 Å². The molecule has 2 aromatic carbocycles. The summed E-state index contributed by atoms with van der Waals surface area (Å²) in [6, 6.07) is 10.1. The minimum absolute atomic E-state index is 0.0107.